The summed E-state index contributed by atoms with van der Waals surface area (Å²) in [6.45, 7) is 4.56. The normalized spacial score (nSPS) is 10.4. The summed E-state index contributed by atoms with van der Waals surface area (Å²) >= 11 is 0. The maximum absolute atomic E-state index is 11.9. The smallest absolute Gasteiger partial charge is 0.258 e. The van der Waals surface area contributed by atoms with E-state index in [1.54, 1.807) is 25.2 Å². The highest BCUT2D eigenvalue weighted by molar-refractivity contribution is 5.94. The van der Waals surface area contributed by atoms with E-state index in [0.717, 1.165) is 5.56 Å². The van der Waals surface area contributed by atoms with Crippen LogP contribution in [0.4, 0.5) is 0 Å². The second-order valence-electron chi connectivity index (χ2n) is 6.07. The van der Waals surface area contributed by atoms with E-state index in [-0.39, 0.29) is 18.4 Å². The molecular weight excluding hydrogens is 316 g/mol. The average Bonchev–Trinajstić information content (AvgIpc) is 2.64. The zero-order chi connectivity index (χ0) is 18.2. The monoisotopic (exact) mass is 340 g/mol. The lowest BCUT2D eigenvalue weighted by molar-refractivity contribution is -0.123. The summed E-state index contributed by atoms with van der Waals surface area (Å²) < 4.78 is 5.49. The van der Waals surface area contributed by atoms with E-state index in [2.05, 4.69) is 24.5 Å². The molecule has 0 spiro atoms. The summed E-state index contributed by atoms with van der Waals surface area (Å²) in [6.07, 6.45) is 0. The van der Waals surface area contributed by atoms with Crippen molar-refractivity contribution in [3.8, 4) is 5.75 Å². The van der Waals surface area contributed by atoms with Crippen molar-refractivity contribution in [2.45, 2.75) is 26.3 Å². The maximum Gasteiger partial charge on any atom is 0.258 e. The van der Waals surface area contributed by atoms with Gasteiger partial charge in [0.1, 0.15) is 5.75 Å². The van der Waals surface area contributed by atoms with Crippen molar-refractivity contribution in [1.29, 1.82) is 0 Å². The first-order chi connectivity index (χ1) is 12.0. The van der Waals surface area contributed by atoms with Gasteiger partial charge in [0, 0.05) is 19.2 Å². The lowest BCUT2D eigenvalue weighted by Crippen LogP contribution is -2.28. The van der Waals surface area contributed by atoms with Crippen molar-refractivity contribution in [3.05, 3.63) is 65.2 Å². The molecule has 0 heterocycles. The van der Waals surface area contributed by atoms with Gasteiger partial charge in [-0.3, -0.25) is 9.59 Å². The summed E-state index contributed by atoms with van der Waals surface area (Å²) in [4.78, 5) is 23.5. The van der Waals surface area contributed by atoms with Gasteiger partial charge in [-0.05, 0) is 41.3 Å². The number of ether oxygens (including phenoxy) is 1. The number of hydrogen-bond donors (Lipinski definition) is 2. The summed E-state index contributed by atoms with van der Waals surface area (Å²) in [7, 11) is 1.59. The van der Waals surface area contributed by atoms with Gasteiger partial charge in [-0.2, -0.15) is 0 Å². The number of carbonyl (C=O) groups is 2. The van der Waals surface area contributed by atoms with E-state index >= 15 is 0 Å². The van der Waals surface area contributed by atoms with Crippen LogP contribution in [0.2, 0.25) is 0 Å². The first-order valence-corrected chi connectivity index (χ1v) is 8.30. The van der Waals surface area contributed by atoms with Crippen LogP contribution in [-0.2, 0) is 11.3 Å². The number of carbonyl (C=O) groups excluding carboxylic acids is 2. The molecule has 0 saturated carbocycles. The van der Waals surface area contributed by atoms with E-state index in [1.807, 2.05) is 30.3 Å². The molecule has 5 heteroatoms. The van der Waals surface area contributed by atoms with Gasteiger partial charge in [-0.15, -0.1) is 0 Å². The molecule has 2 N–H and O–H groups in total. The van der Waals surface area contributed by atoms with Crippen LogP contribution in [-0.4, -0.2) is 25.5 Å². The standard InChI is InChI=1S/C20H24N2O3/c1-14(2)16-7-9-18(10-8-16)25-13-19(23)22-12-15-5-4-6-17(11-15)20(24)21-3/h4-11,14H,12-13H2,1-3H3,(H,21,24)(H,22,23). The molecule has 25 heavy (non-hydrogen) atoms. The van der Waals surface area contributed by atoms with Gasteiger partial charge < -0.3 is 15.4 Å². The molecule has 0 atom stereocenters. The summed E-state index contributed by atoms with van der Waals surface area (Å²) in [5.74, 6) is 0.767. The first-order valence-electron chi connectivity index (χ1n) is 8.30. The number of nitrogens with one attached hydrogen (secondary N) is 2. The van der Waals surface area contributed by atoms with Gasteiger partial charge in [-0.25, -0.2) is 0 Å². The van der Waals surface area contributed by atoms with E-state index in [9.17, 15) is 9.59 Å². The molecule has 2 amide bonds. The molecule has 2 rings (SSSR count). The van der Waals surface area contributed by atoms with Gasteiger partial charge in [0.15, 0.2) is 6.61 Å². The van der Waals surface area contributed by atoms with Crippen LogP contribution in [0, 0.1) is 0 Å². The van der Waals surface area contributed by atoms with Gasteiger partial charge in [-0.1, -0.05) is 38.1 Å². The highest BCUT2D eigenvalue weighted by Crippen LogP contribution is 2.18. The zero-order valence-corrected chi connectivity index (χ0v) is 14.8. The molecule has 5 nitrogen and oxygen atoms in total. The second kappa shape index (κ2) is 8.87. The summed E-state index contributed by atoms with van der Waals surface area (Å²) in [5, 5.41) is 5.36. The van der Waals surface area contributed by atoms with Crippen molar-refractivity contribution in [2.24, 2.45) is 0 Å². The fraction of sp³-hybridized carbons (Fsp3) is 0.300. The largest absolute Gasteiger partial charge is 0.484 e. The average molecular weight is 340 g/mol. The number of amides is 2. The fourth-order valence-corrected chi connectivity index (χ4v) is 2.32. The predicted molar refractivity (Wildman–Crippen MR) is 97.7 cm³/mol. The quantitative estimate of drug-likeness (QED) is 0.814. The molecule has 0 saturated heterocycles. The molecule has 2 aromatic carbocycles. The lowest BCUT2D eigenvalue weighted by Gasteiger charge is -2.10. The third-order valence-corrected chi connectivity index (χ3v) is 3.82. The molecule has 0 aliphatic carbocycles. The fourth-order valence-electron chi connectivity index (χ4n) is 2.32. The molecule has 0 aromatic heterocycles. The highest BCUT2D eigenvalue weighted by Gasteiger charge is 2.06. The van der Waals surface area contributed by atoms with Crippen molar-refractivity contribution < 1.29 is 14.3 Å². The minimum absolute atomic E-state index is 0.0455. The predicted octanol–water partition coefficient (Wildman–Crippen LogP) is 2.86. The Bertz CT molecular complexity index is 724. The Morgan fingerprint density at radius 3 is 2.44 bits per heavy atom. The van der Waals surface area contributed by atoms with Crippen molar-refractivity contribution in [1.82, 2.24) is 10.6 Å². The van der Waals surface area contributed by atoms with Gasteiger partial charge in [0.05, 0.1) is 0 Å². The van der Waals surface area contributed by atoms with E-state index in [4.69, 9.17) is 4.74 Å². The van der Waals surface area contributed by atoms with Crippen LogP contribution in [0.3, 0.4) is 0 Å². The van der Waals surface area contributed by atoms with Crippen LogP contribution >= 0.6 is 0 Å². The molecule has 0 aliphatic heterocycles. The second-order valence-corrected chi connectivity index (χ2v) is 6.07. The SMILES string of the molecule is CNC(=O)c1cccc(CNC(=O)COc2ccc(C(C)C)cc2)c1. The lowest BCUT2D eigenvalue weighted by atomic mass is 10.0. The van der Waals surface area contributed by atoms with E-state index < -0.39 is 0 Å². The Balaban J connectivity index is 1.81. The molecule has 0 radical (unpaired) electrons. The van der Waals surface area contributed by atoms with E-state index in [0.29, 0.717) is 23.8 Å². The van der Waals surface area contributed by atoms with Gasteiger partial charge >= 0.3 is 0 Å². The van der Waals surface area contributed by atoms with Crippen LogP contribution in [0.25, 0.3) is 0 Å². The van der Waals surface area contributed by atoms with E-state index in [1.165, 1.54) is 5.56 Å². The maximum atomic E-state index is 11.9. The van der Waals surface area contributed by atoms with Crippen molar-refractivity contribution >= 4 is 11.8 Å². The zero-order valence-electron chi connectivity index (χ0n) is 14.8. The third-order valence-electron chi connectivity index (χ3n) is 3.82. The minimum atomic E-state index is -0.210. The third kappa shape index (κ3) is 5.64. The van der Waals surface area contributed by atoms with Crippen molar-refractivity contribution in [2.75, 3.05) is 13.7 Å². The Morgan fingerprint density at radius 1 is 1.08 bits per heavy atom. The Hall–Kier alpha value is -2.82. The van der Waals surface area contributed by atoms with Crippen LogP contribution in [0.5, 0.6) is 5.75 Å². The highest BCUT2D eigenvalue weighted by atomic mass is 16.5. The minimum Gasteiger partial charge on any atom is -0.484 e. The number of benzene rings is 2. The Labute approximate surface area is 148 Å². The number of rotatable bonds is 7. The summed E-state index contributed by atoms with van der Waals surface area (Å²) in [6, 6.07) is 14.9. The van der Waals surface area contributed by atoms with Crippen LogP contribution in [0.15, 0.2) is 48.5 Å². The van der Waals surface area contributed by atoms with Gasteiger partial charge in [0.2, 0.25) is 0 Å². The molecule has 0 bridgehead atoms. The summed E-state index contributed by atoms with van der Waals surface area (Å²) in [5.41, 5.74) is 2.65. The Morgan fingerprint density at radius 2 is 1.80 bits per heavy atom. The van der Waals surface area contributed by atoms with Crippen molar-refractivity contribution in [3.63, 3.8) is 0 Å². The Kier molecular flexibility index (Phi) is 6.57. The molecule has 0 aliphatic rings. The van der Waals surface area contributed by atoms with Crippen LogP contribution < -0.4 is 15.4 Å². The topological polar surface area (TPSA) is 67.4 Å². The molecule has 2 aromatic rings. The number of hydrogen-bond acceptors (Lipinski definition) is 3. The van der Waals surface area contributed by atoms with Gasteiger partial charge in [0.25, 0.3) is 11.8 Å². The molecule has 0 fully saturated rings. The molecule has 132 valence electrons. The first kappa shape index (κ1) is 18.5. The van der Waals surface area contributed by atoms with Crippen LogP contribution in [0.1, 0.15) is 41.3 Å². The molecule has 0 unspecified atom stereocenters. The molecular formula is C20H24N2O3.